The molecule has 1 amide bonds. The Kier molecular flexibility index (Phi) is 6.28. The molecule has 1 fully saturated rings. The quantitative estimate of drug-likeness (QED) is 0.642. The van der Waals surface area contributed by atoms with Crippen LogP contribution in [-0.2, 0) is 9.59 Å². The molecule has 1 rings (SSSR count). The van der Waals surface area contributed by atoms with Crippen LogP contribution >= 0.6 is 0 Å². The first-order valence-electron chi connectivity index (χ1n) is 7.33. The monoisotopic (exact) mass is 270 g/mol. The maximum atomic E-state index is 12.0. The van der Waals surface area contributed by atoms with E-state index in [1.165, 1.54) is 0 Å². The van der Waals surface area contributed by atoms with E-state index in [4.69, 9.17) is 5.73 Å². The number of carboxylic acid groups (broad SMARTS) is 1. The molecule has 0 heterocycles. The molecule has 0 radical (unpaired) electrons. The van der Waals surface area contributed by atoms with Gasteiger partial charge in [0.05, 0.1) is 6.04 Å². The number of carbonyl (C=O) groups excluding carboxylic acids is 1. The number of carboxylic acids is 1. The highest BCUT2D eigenvalue weighted by molar-refractivity contribution is 5.89. The van der Waals surface area contributed by atoms with Gasteiger partial charge in [0.2, 0.25) is 5.91 Å². The van der Waals surface area contributed by atoms with Crippen molar-refractivity contribution in [3.63, 3.8) is 0 Å². The molecule has 0 aromatic carbocycles. The molecule has 1 saturated carbocycles. The van der Waals surface area contributed by atoms with Gasteiger partial charge in [-0.25, -0.2) is 4.79 Å². The van der Waals surface area contributed by atoms with Gasteiger partial charge < -0.3 is 16.2 Å². The van der Waals surface area contributed by atoms with E-state index in [9.17, 15) is 14.7 Å². The van der Waals surface area contributed by atoms with Crippen LogP contribution in [0, 0.1) is 0 Å². The second kappa shape index (κ2) is 7.48. The van der Waals surface area contributed by atoms with Crippen LogP contribution in [0.25, 0.3) is 0 Å². The van der Waals surface area contributed by atoms with E-state index in [0.29, 0.717) is 19.3 Å². The lowest BCUT2D eigenvalue weighted by molar-refractivity contribution is -0.148. The minimum absolute atomic E-state index is 0.322. The van der Waals surface area contributed by atoms with Crippen molar-refractivity contribution in [3.8, 4) is 0 Å². The number of nitrogens with one attached hydrogen (secondary N) is 1. The predicted octanol–water partition coefficient (Wildman–Crippen LogP) is 1.80. The Hall–Kier alpha value is -1.10. The number of nitrogens with two attached hydrogens (primary N) is 1. The van der Waals surface area contributed by atoms with Crippen molar-refractivity contribution in [1.82, 2.24) is 5.32 Å². The molecule has 0 unspecified atom stereocenters. The minimum Gasteiger partial charge on any atom is -0.480 e. The number of unbranched alkanes of at least 4 members (excludes halogenated alkanes) is 1. The van der Waals surface area contributed by atoms with Crippen molar-refractivity contribution in [3.05, 3.63) is 0 Å². The van der Waals surface area contributed by atoms with Crippen molar-refractivity contribution < 1.29 is 14.7 Å². The van der Waals surface area contributed by atoms with Gasteiger partial charge in [0.25, 0.3) is 0 Å². The molecule has 0 bridgehead atoms. The Labute approximate surface area is 114 Å². The van der Waals surface area contributed by atoms with E-state index in [0.717, 1.165) is 38.5 Å². The molecule has 1 aliphatic carbocycles. The fraction of sp³-hybridized carbons (Fsp3) is 0.857. The van der Waals surface area contributed by atoms with Crippen molar-refractivity contribution in [2.75, 3.05) is 0 Å². The molecule has 4 N–H and O–H groups in total. The lowest BCUT2D eigenvalue weighted by Gasteiger charge is -2.30. The first-order chi connectivity index (χ1) is 9.02. The molecule has 0 saturated heterocycles. The molecule has 19 heavy (non-hydrogen) atoms. The summed E-state index contributed by atoms with van der Waals surface area (Å²) in [6.45, 7) is 2.04. The Balaban J connectivity index is 2.67. The van der Waals surface area contributed by atoms with Gasteiger partial charge in [0.15, 0.2) is 0 Å². The fourth-order valence-corrected chi connectivity index (χ4v) is 2.61. The first-order valence-corrected chi connectivity index (χ1v) is 7.33. The third kappa shape index (κ3) is 4.49. The second-order valence-corrected chi connectivity index (χ2v) is 5.54. The molecule has 0 aliphatic heterocycles. The molecule has 1 aliphatic rings. The highest BCUT2D eigenvalue weighted by Crippen LogP contribution is 2.27. The molecule has 110 valence electrons. The maximum absolute atomic E-state index is 12.0. The van der Waals surface area contributed by atoms with E-state index in [1.807, 2.05) is 6.92 Å². The highest BCUT2D eigenvalue weighted by atomic mass is 16.4. The van der Waals surface area contributed by atoms with E-state index in [1.54, 1.807) is 0 Å². The summed E-state index contributed by atoms with van der Waals surface area (Å²) in [4.78, 5) is 23.6. The Morgan fingerprint density at radius 1 is 1.26 bits per heavy atom. The van der Waals surface area contributed by atoms with Crippen LogP contribution in [0.2, 0.25) is 0 Å². The predicted molar refractivity (Wildman–Crippen MR) is 73.7 cm³/mol. The molecule has 0 aromatic rings. The first kappa shape index (κ1) is 16.0. The average molecular weight is 270 g/mol. The zero-order valence-electron chi connectivity index (χ0n) is 11.8. The van der Waals surface area contributed by atoms with Gasteiger partial charge in [0, 0.05) is 0 Å². The van der Waals surface area contributed by atoms with Gasteiger partial charge in [-0.2, -0.15) is 0 Å². The summed E-state index contributed by atoms with van der Waals surface area (Å²) >= 11 is 0. The summed E-state index contributed by atoms with van der Waals surface area (Å²) in [5.41, 5.74) is 4.71. The van der Waals surface area contributed by atoms with Crippen LogP contribution in [0.4, 0.5) is 0 Å². The van der Waals surface area contributed by atoms with E-state index in [-0.39, 0.29) is 5.91 Å². The molecule has 1 atom stereocenters. The van der Waals surface area contributed by atoms with E-state index < -0.39 is 17.6 Å². The summed E-state index contributed by atoms with van der Waals surface area (Å²) in [5.74, 6) is -1.25. The molecular weight excluding hydrogens is 244 g/mol. The standard InChI is InChI=1S/C14H26N2O3/c1-2-3-8-11(15)12(17)16-14(13(18)19)9-6-4-5-7-10-14/h11H,2-10,15H2,1H3,(H,16,17)(H,18,19)/t11-/m0/s1. The summed E-state index contributed by atoms with van der Waals surface area (Å²) in [6, 6.07) is -0.598. The maximum Gasteiger partial charge on any atom is 0.329 e. The molecular formula is C14H26N2O3. The zero-order valence-corrected chi connectivity index (χ0v) is 11.8. The summed E-state index contributed by atoms with van der Waals surface area (Å²) in [5, 5.41) is 12.2. The van der Waals surface area contributed by atoms with Gasteiger partial charge in [-0.3, -0.25) is 4.79 Å². The van der Waals surface area contributed by atoms with Crippen LogP contribution in [0.15, 0.2) is 0 Å². The Bertz CT molecular complexity index is 310. The van der Waals surface area contributed by atoms with Gasteiger partial charge in [-0.1, -0.05) is 45.4 Å². The Morgan fingerprint density at radius 3 is 2.32 bits per heavy atom. The SMILES string of the molecule is CCCC[C@H](N)C(=O)NC1(C(=O)O)CCCCCC1. The molecule has 5 nitrogen and oxygen atoms in total. The van der Waals surface area contributed by atoms with Crippen molar-refractivity contribution in [1.29, 1.82) is 0 Å². The van der Waals surface area contributed by atoms with Crippen molar-refractivity contribution in [2.45, 2.75) is 76.3 Å². The molecule has 0 spiro atoms. The van der Waals surface area contributed by atoms with Gasteiger partial charge in [-0.05, 0) is 19.3 Å². The second-order valence-electron chi connectivity index (χ2n) is 5.54. The molecule has 0 aromatic heterocycles. The van der Waals surface area contributed by atoms with Crippen LogP contribution in [0.1, 0.15) is 64.7 Å². The minimum atomic E-state index is -1.10. The van der Waals surface area contributed by atoms with Crippen molar-refractivity contribution >= 4 is 11.9 Å². The van der Waals surface area contributed by atoms with Gasteiger partial charge in [-0.15, -0.1) is 0 Å². The summed E-state index contributed by atoms with van der Waals surface area (Å²) in [7, 11) is 0. The normalized spacial score (nSPS) is 20.3. The van der Waals surface area contributed by atoms with Crippen LogP contribution < -0.4 is 11.1 Å². The lowest BCUT2D eigenvalue weighted by Crippen LogP contribution is -2.58. The van der Waals surface area contributed by atoms with Crippen LogP contribution in [-0.4, -0.2) is 28.6 Å². The van der Waals surface area contributed by atoms with Gasteiger partial charge in [0.1, 0.15) is 5.54 Å². The number of amides is 1. The number of rotatable bonds is 6. The van der Waals surface area contributed by atoms with Crippen molar-refractivity contribution in [2.24, 2.45) is 5.73 Å². The third-order valence-corrected chi connectivity index (χ3v) is 3.93. The highest BCUT2D eigenvalue weighted by Gasteiger charge is 2.40. The number of hydrogen-bond acceptors (Lipinski definition) is 3. The largest absolute Gasteiger partial charge is 0.480 e. The van der Waals surface area contributed by atoms with Crippen LogP contribution in [0.5, 0.6) is 0 Å². The smallest absolute Gasteiger partial charge is 0.329 e. The van der Waals surface area contributed by atoms with Crippen LogP contribution in [0.3, 0.4) is 0 Å². The van der Waals surface area contributed by atoms with Gasteiger partial charge >= 0.3 is 5.97 Å². The number of carbonyl (C=O) groups is 2. The summed E-state index contributed by atoms with van der Waals surface area (Å²) in [6.07, 6.45) is 7.24. The summed E-state index contributed by atoms with van der Waals surface area (Å²) < 4.78 is 0. The average Bonchev–Trinajstić information content (AvgIpc) is 2.62. The third-order valence-electron chi connectivity index (χ3n) is 3.93. The topological polar surface area (TPSA) is 92.4 Å². The lowest BCUT2D eigenvalue weighted by atomic mass is 9.89. The number of hydrogen-bond donors (Lipinski definition) is 3. The zero-order chi connectivity index (χ0) is 14.3. The number of aliphatic carboxylic acids is 1. The fourth-order valence-electron chi connectivity index (χ4n) is 2.61. The van der Waals surface area contributed by atoms with E-state index >= 15 is 0 Å². The molecule has 5 heteroatoms. The van der Waals surface area contributed by atoms with E-state index in [2.05, 4.69) is 5.32 Å². The Morgan fingerprint density at radius 2 is 1.84 bits per heavy atom.